The first-order chi connectivity index (χ1) is 15.1. The number of carbonyl (C=O) groups excluding carboxylic acids is 3. The molecule has 0 unspecified atom stereocenters. The van der Waals surface area contributed by atoms with Crippen LogP contribution in [0.5, 0.6) is 0 Å². The van der Waals surface area contributed by atoms with E-state index in [0.717, 1.165) is 11.3 Å². The van der Waals surface area contributed by atoms with E-state index >= 15 is 0 Å². The first kappa shape index (κ1) is 19.7. The quantitative estimate of drug-likeness (QED) is 0.412. The highest BCUT2D eigenvalue weighted by Crippen LogP contribution is 2.48. The van der Waals surface area contributed by atoms with E-state index in [1.54, 1.807) is 19.2 Å². The number of ketones is 1. The number of benzene rings is 2. The zero-order chi connectivity index (χ0) is 21.5. The summed E-state index contributed by atoms with van der Waals surface area (Å²) in [6.07, 6.45) is 4.55. The number of fused-ring (bicyclic) bond motifs is 5. The fourth-order valence-corrected chi connectivity index (χ4v) is 5.24. The van der Waals surface area contributed by atoms with E-state index in [2.05, 4.69) is 0 Å². The van der Waals surface area contributed by atoms with E-state index < -0.39 is 17.9 Å². The molecule has 2 aromatic carbocycles. The van der Waals surface area contributed by atoms with Crippen molar-refractivity contribution in [3.05, 3.63) is 71.8 Å². The molecule has 0 N–H and O–H groups in total. The maximum absolute atomic E-state index is 13.7. The summed E-state index contributed by atoms with van der Waals surface area (Å²) in [4.78, 5) is 43.9. The molecule has 0 aromatic heterocycles. The Morgan fingerprint density at radius 3 is 2.45 bits per heavy atom. The van der Waals surface area contributed by atoms with Gasteiger partial charge in [0.05, 0.1) is 17.9 Å². The molecule has 2 aromatic rings. The number of para-hydroxylation sites is 1. The van der Waals surface area contributed by atoms with Crippen LogP contribution in [0.4, 0.5) is 5.69 Å². The number of anilines is 1. The van der Waals surface area contributed by atoms with Crippen molar-refractivity contribution >= 4 is 29.4 Å². The molecule has 0 saturated carbocycles. The van der Waals surface area contributed by atoms with Crippen molar-refractivity contribution in [2.24, 2.45) is 11.8 Å². The van der Waals surface area contributed by atoms with Crippen LogP contribution in [0.1, 0.15) is 22.3 Å². The summed E-state index contributed by atoms with van der Waals surface area (Å²) >= 11 is 0. The van der Waals surface area contributed by atoms with Crippen molar-refractivity contribution < 1.29 is 19.1 Å². The summed E-state index contributed by atoms with van der Waals surface area (Å²) in [6.45, 7) is 0.791. The van der Waals surface area contributed by atoms with Gasteiger partial charge in [0.2, 0.25) is 11.8 Å². The maximum atomic E-state index is 13.7. The number of ether oxygens (including phenoxy) is 1. The molecule has 0 aliphatic carbocycles. The van der Waals surface area contributed by atoms with E-state index in [1.165, 1.54) is 4.90 Å². The Labute approximate surface area is 181 Å². The molecule has 6 nitrogen and oxygen atoms in total. The number of amides is 2. The average molecular weight is 416 g/mol. The molecule has 4 atom stereocenters. The van der Waals surface area contributed by atoms with Crippen molar-refractivity contribution in [1.29, 1.82) is 0 Å². The second-order valence-corrected chi connectivity index (χ2v) is 8.22. The van der Waals surface area contributed by atoms with E-state index in [1.807, 2.05) is 59.5 Å². The highest BCUT2D eigenvalue weighted by molar-refractivity contribution is 6.14. The van der Waals surface area contributed by atoms with Gasteiger partial charge in [0, 0.05) is 31.5 Å². The summed E-state index contributed by atoms with van der Waals surface area (Å²) in [5.74, 6) is -1.81. The fraction of sp³-hybridized carbons (Fsp3) is 0.320. The van der Waals surface area contributed by atoms with Crippen molar-refractivity contribution in [3.63, 3.8) is 0 Å². The second kappa shape index (κ2) is 7.78. The molecule has 3 heterocycles. The van der Waals surface area contributed by atoms with Gasteiger partial charge >= 0.3 is 0 Å². The Balaban J connectivity index is 1.58. The Morgan fingerprint density at radius 2 is 1.68 bits per heavy atom. The first-order valence-electron chi connectivity index (χ1n) is 10.6. The number of Topliss-reactive ketones (excluding diaryl/α,β-unsaturated/α-hetero) is 1. The van der Waals surface area contributed by atoms with Gasteiger partial charge in [-0.1, -0.05) is 60.7 Å². The third-order valence-corrected chi connectivity index (χ3v) is 6.56. The van der Waals surface area contributed by atoms with Gasteiger partial charge < -0.3 is 9.64 Å². The van der Waals surface area contributed by atoms with Crippen LogP contribution in [0.15, 0.2) is 60.7 Å². The number of hydrogen-bond acceptors (Lipinski definition) is 5. The number of nitrogens with zero attached hydrogens (tertiary/aromatic N) is 2. The fourth-order valence-electron chi connectivity index (χ4n) is 5.24. The normalized spacial score (nSPS) is 26.1. The molecule has 2 amide bonds. The van der Waals surface area contributed by atoms with Crippen LogP contribution >= 0.6 is 0 Å². The van der Waals surface area contributed by atoms with Crippen LogP contribution in [-0.2, 0) is 14.3 Å². The first-order valence-corrected chi connectivity index (χ1v) is 10.6. The minimum atomic E-state index is -0.715. The standard InChI is InChI=1S/C25H24N2O4/c1-31-15-7-14-26-24(29)20-19-13-12-16-8-5-6-11-18(16)27(19)22(21(20)25(26)30)23(28)17-9-3-2-4-10-17/h2-6,8-13,19-22H,7,14-15H2,1H3/t19-,20+,21-,22+/m1/s1. The van der Waals surface area contributed by atoms with Crippen LogP contribution in [-0.4, -0.2) is 54.8 Å². The van der Waals surface area contributed by atoms with Crippen molar-refractivity contribution in [2.45, 2.75) is 18.5 Å². The van der Waals surface area contributed by atoms with Gasteiger partial charge in [-0.05, 0) is 18.1 Å². The second-order valence-electron chi connectivity index (χ2n) is 8.22. The van der Waals surface area contributed by atoms with E-state index in [-0.39, 0.29) is 23.6 Å². The molecule has 158 valence electrons. The zero-order valence-corrected chi connectivity index (χ0v) is 17.3. The molecule has 6 heteroatoms. The van der Waals surface area contributed by atoms with Crippen molar-refractivity contribution in [1.82, 2.24) is 4.90 Å². The number of methoxy groups -OCH3 is 1. The highest BCUT2D eigenvalue weighted by atomic mass is 16.5. The molecular weight excluding hydrogens is 392 g/mol. The minimum Gasteiger partial charge on any atom is -0.385 e. The van der Waals surface area contributed by atoms with Gasteiger partial charge in [-0.25, -0.2) is 0 Å². The Bertz CT molecular complexity index is 1060. The van der Waals surface area contributed by atoms with Gasteiger partial charge in [-0.3, -0.25) is 19.3 Å². The lowest BCUT2D eigenvalue weighted by atomic mass is 9.86. The molecular formula is C25H24N2O4. The van der Waals surface area contributed by atoms with Crippen LogP contribution in [0.2, 0.25) is 0 Å². The molecule has 2 fully saturated rings. The Morgan fingerprint density at radius 1 is 0.968 bits per heavy atom. The third-order valence-electron chi connectivity index (χ3n) is 6.56. The lowest BCUT2D eigenvalue weighted by Crippen LogP contribution is -2.48. The molecule has 3 aliphatic heterocycles. The van der Waals surface area contributed by atoms with Gasteiger partial charge in [0.15, 0.2) is 5.78 Å². The smallest absolute Gasteiger partial charge is 0.235 e. The molecule has 2 saturated heterocycles. The zero-order valence-electron chi connectivity index (χ0n) is 17.3. The Hall–Kier alpha value is -3.25. The highest BCUT2D eigenvalue weighted by Gasteiger charge is 2.63. The van der Waals surface area contributed by atoms with Crippen LogP contribution in [0.25, 0.3) is 6.08 Å². The minimum absolute atomic E-state index is 0.122. The topological polar surface area (TPSA) is 66.9 Å². The van der Waals surface area contributed by atoms with Crippen molar-refractivity contribution in [2.75, 3.05) is 25.2 Å². The molecule has 31 heavy (non-hydrogen) atoms. The summed E-state index contributed by atoms with van der Waals surface area (Å²) in [5.41, 5.74) is 2.43. The SMILES string of the molecule is COCCCN1C(=O)[C@@H]2[C@@H](C1=O)[C@@H](C(=O)c1ccccc1)N1c3ccccc3C=C[C@H]21. The van der Waals surface area contributed by atoms with Crippen LogP contribution < -0.4 is 4.90 Å². The largest absolute Gasteiger partial charge is 0.385 e. The van der Waals surface area contributed by atoms with E-state index in [0.29, 0.717) is 25.1 Å². The van der Waals surface area contributed by atoms with Gasteiger partial charge in [0.1, 0.15) is 6.04 Å². The van der Waals surface area contributed by atoms with Gasteiger partial charge in [-0.2, -0.15) is 0 Å². The number of rotatable bonds is 6. The van der Waals surface area contributed by atoms with Gasteiger partial charge in [-0.15, -0.1) is 0 Å². The van der Waals surface area contributed by atoms with Gasteiger partial charge in [0.25, 0.3) is 0 Å². The third kappa shape index (κ3) is 3.01. The van der Waals surface area contributed by atoms with Crippen molar-refractivity contribution in [3.8, 4) is 0 Å². The monoisotopic (exact) mass is 416 g/mol. The summed E-state index contributed by atoms with van der Waals surface area (Å²) in [6, 6.07) is 15.8. The van der Waals surface area contributed by atoms with E-state index in [4.69, 9.17) is 4.74 Å². The molecule has 0 radical (unpaired) electrons. The predicted octanol–water partition coefficient (Wildman–Crippen LogP) is 2.79. The summed E-state index contributed by atoms with van der Waals surface area (Å²) in [7, 11) is 1.60. The molecule has 0 spiro atoms. The van der Waals surface area contributed by atoms with E-state index in [9.17, 15) is 14.4 Å². The summed E-state index contributed by atoms with van der Waals surface area (Å²) in [5, 5.41) is 0. The molecule has 0 bridgehead atoms. The maximum Gasteiger partial charge on any atom is 0.235 e. The molecule has 5 rings (SSSR count). The average Bonchev–Trinajstić information content (AvgIpc) is 3.28. The number of hydrogen-bond donors (Lipinski definition) is 0. The molecule has 3 aliphatic rings. The predicted molar refractivity (Wildman–Crippen MR) is 116 cm³/mol. The van der Waals surface area contributed by atoms with Crippen LogP contribution in [0.3, 0.4) is 0 Å². The Kier molecular flexibility index (Phi) is 4.94. The van der Waals surface area contributed by atoms with Crippen LogP contribution in [0, 0.1) is 11.8 Å². The number of likely N-dealkylation sites (tertiary alicyclic amines) is 1. The lowest BCUT2D eigenvalue weighted by Gasteiger charge is -2.36. The summed E-state index contributed by atoms with van der Waals surface area (Å²) < 4.78 is 5.09. The lowest BCUT2D eigenvalue weighted by molar-refractivity contribution is -0.140. The number of imide groups is 1. The number of carbonyl (C=O) groups is 3.